The molecule has 28 heavy (non-hydrogen) atoms. The molecule has 0 N–H and O–H groups in total. The first-order chi connectivity index (χ1) is 13.5. The largest absolute Gasteiger partial charge is 0.469 e. The Kier molecular flexibility index (Phi) is 4.03. The summed E-state index contributed by atoms with van der Waals surface area (Å²) >= 11 is 0. The number of hydrogen-bond acceptors (Lipinski definition) is 7. The highest BCUT2D eigenvalue weighted by atomic mass is 16.5. The van der Waals surface area contributed by atoms with Gasteiger partial charge in [-0.15, -0.1) is 0 Å². The number of fused-ring (bicyclic) bond motifs is 2. The van der Waals surface area contributed by atoms with Crippen LogP contribution >= 0.6 is 0 Å². The van der Waals surface area contributed by atoms with Crippen LogP contribution in [0.5, 0.6) is 0 Å². The number of pyridine rings is 1. The first kappa shape index (κ1) is 17.5. The number of carbonyl (C=O) groups is 2. The number of likely N-dealkylation sites (tertiary alicyclic amines) is 1. The van der Waals surface area contributed by atoms with Crippen molar-refractivity contribution in [3.63, 3.8) is 0 Å². The van der Waals surface area contributed by atoms with Crippen molar-refractivity contribution in [3.8, 4) is 0 Å². The number of aryl methyl sites for hydroxylation is 1. The molecule has 0 bridgehead atoms. The molecule has 0 spiro atoms. The second-order valence-corrected chi connectivity index (χ2v) is 8.15. The van der Waals surface area contributed by atoms with Gasteiger partial charge in [0, 0.05) is 37.8 Å². The van der Waals surface area contributed by atoms with Crippen LogP contribution in [0.4, 0.5) is 6.01 Å². The van der Waals surface area contributed by atoms with Gasteiger partial charge < -0.3 is 19.0 Å². The molecule has 0 aromatic carbocycles. The van der Waals surface area contributed by atoms with Gasteiger partial charge >= 0.3 is 5.97 Å². The van der Waals surface area contributed by atoms with Crippen molar-refractivity contribution >= 4 is 29.1 Å². The molecular formula is C20H24N4O4. The quantitative estimate of drug-likeness (QED) is 0.743. The zero-order valence-electron chi connectivity index (χ0n) is 16.1. The fourth-order valence-corrected chi connectivity index (χ4v) is 4.80. The Morgan fingerprint density at radius 3 is 2.54 bits per heavy atom. The van der Waals surface area contributed by atoms with E-state index in [1.165, 1.54) is 7.11 Å². The zero-order valence-corrected chi connectivity index (χ0v) is 16.1. The van der Waals surface area contributed by atoms with Crippen LogP contribution in [0.2, 0.25) is 0 Å². The summed E-state index contributed by atoms with van der Waals surface area (Å²) in [5.74, 6) is 0.741. The summed E-state index contributed by atoms with van der Waals surface area (Å²) in [6.45, 7) is 4.81. The number of piperidine rings is 2. The van der Waals surface area contributed by atoms with Crippen molar-refractivity contribution in [3.05, 3.63) is 17.8 Å². The van der Waals surface area contributed by atoms with E-state index in [1.54, 1.807) is 0 Å². The first-order valence-electron chi connectivity index (χ1n) is 9.91. The molecule has 0 radical (unpaired) electrons. The SMILES string of the molecule is COC(=O)C1[C@H]2CN(C(=O)C3CCN(c4nc5nc(C)ccc5o4)CC3)C[C@@H]12. The number of methoxy groups -OCH3 is 1. The zero-order chi connectivity index (χ0) is 19.4. The average molecular weight is 384 g/mol. The molecule has 2 saturated heterocycles. The van der Waals surface area contributed by atoms with E-state index in [0.717, 1.165) is 31.6 Å². The maximum Gasteiger partial charge on any atom is 0.309 e. The number of esters is 1. The third-order valence-electron chi connectivity index (χ3n) is 6.48. The lowest BCUT2D eigenvalue weighted by Gasteiger charge is -2.32. The molecule has 1 unspecified atom stereocenters. The number of aromatic nitrogens is 2. The monoisotopic (exact) mass is 384 g/mol. The summed E-state index contributed by atoms with van der Waals surface area (Å²) in [5.41, 5.74) is 2.23. The van der Waals surface area contributed by atoms with E-state index in [4.69, 9.17) is 9.15 Å². The molecule has 8 nitrogen and oxygen atoms in total. The summed E-state index contributed by atoms with van der Waals surface area (Å²) < 4.78 is 10.7. The molecular weight excluding hydrogens is 360 g/mol. The van der Waals surface area contributed by atoms with Gasteiger partial charge in [0.25, 0.3) is 6.01 Å². The number of oxazole rings is 1. The van der Waals surface area contributed by atoms with Crippen LogP contribution in [0.1, 0.15) is 18.5 Å². The average Bonchev–Trinajstić information content (AvgIpc) is 3.06. The summed E-state index contributed by atoms with van der Waals surface area (Å²) in [7, 11) is 1.43. The highest BCUT2D eigenvalue weighted by Crippen LogP contribution is 2.52. The molecule has 1 aliphatic carbocycles. The summed E-state index contributed by atoms with van der Waals surface area (Å²) in [6.07, 6.45) is 1.58. The van der Waals surface area contributed by atoms with E-state index in [1.807, 2.05) is 24.0 Å². The Morgan fingerprint density at radius 2 is 1.86 bits per heavy atom. The van der Waals surface area contributed by atoms with Crippen LogP contribution in [0.15, 0.2) is 16.5 Å². The van der Waals surface area contributed by atoms with E-state index in [0.29, 0.717) is 42.2 Å². The molecule has 2 aromatic heterocycles. The Balaban J connectivity index is 1.17. The molecule has 8 heteroatoms. The van der Waals surface area contributed by atoms with Crippen LogP contribution in [-0.2, 0) is 14.3 Å². The van der Waals surface area contributed by atoms with Crippen molar-refractivity contribution in [1.29, 1.82) is 0 Å². The topological polar surface area (TPSA) is 88.8 Å². The minimum Gasteiger partial charge on any atom is -0.469 e. The number of amides is 1. The molecule has 1 amide bonds. The standard InChI is InChI=1S/C20H24N4O4/c1-11-3-4-15-17(21-11)22-20(28-15)23-7-5-12(6-8-23)18(25)24-9-13-14(10-24)16(13)19(26)27-2/h3-4,12-14,16H,5-10H2,1-2H3/t13-,14+,16?. The van der Waals surface area contributed by atoms with Gasteiger partial charge in [0.15, 0.2) is 5.58 Å². The number of nitrogens with zero attached hydrogens (tertiary/aromatic N) is 4. The fraction of sp³-hybridized carbons (Fsp3) is 0.600. The summed E-state index contributed by atoms with van der Waals surface area (Å²) in [4.78, 5) is 37.5. The molecule has 5 rings (SSSR count). The van der Waals surface area contributed by atoms with E-state index >= 15 is 0 Å². The predicted octanol–water partition coefficient (Wildman–Crippen LogP) is 1.63. The van der Waals surface area contributed by atoms with Crippen LogP contribution in [0.3, 0.4) is 0 Å². The number of rotatable bonds is 3. The van der Waals surface area contributed by atoms with Gasteiger partial charge in [0.05, 0.1) is 13.0 Å². The minimum absolute atomic E-state index is 0.00676. The highest BCUT2D eigenvalue weighted by molar-refractivity contribution is 5.82. The van der Waals surface area contributed by atoms with E-state index in [2.05, 4.69) is 14.9 Å². The second kappa shape index (κ2) is 6.46. The summed E-state index contributed by atoms with van der Waals surface area (Å²) in [6, 6.07) is 4.39. The van der Waals surface area contributed by atoms with E-state index < -0.39 is 0 Å². The highest BCUT2D eigenvalue weighted by Gasteiger charge is 2.61. The Bertz CT molecular complexity index is 921. The lowest BCUT2D eigenvalue weighted by atomic mass is 9.95. The van der Waals surface area contributed by atoms with Crippen molar-refractivity contribution in [1.82, 2.24) is 14.9 Å². The van der Waals surface area contributed by atoms with Crippen LogP contribution in [-0.4, -0.2) is 60.0 Å². The number of hydrogen-bond donors (Lipinski definition) is 0. The van der Waals surface area contributed by atoms with E-state index in [9.17, 15) is 9.59 Å². The smallest absolute Gasteiger partial charge is 0.309 e. The number of ether oxygens (including phenoxy) is 1. The molecule has 1 saturated carbocycles. The Morgan fingerprint density at radius 1 is 1.14 bits per heavy atom. The number of anilines is 1. The molecule has 3 aliphatic rings. The second-order valence-electron chi connectivity index (χ2n) is 8.15. The van der Waals surface area contributed by atoms with Crippen molar-refractivity contribution < 1.29 is 18.7 Å². The normalized spacial score (nSPS) is 27.1. The minimum atomic E-state index is -0.126. The van der Waals surface area contributed by atoms with Crippen molar-refractivity contribution in [2.24, 2.45) is 23.7 Å². The maximum atomic E-state index is 12.9. The van der Waals surface area contributed by atoms with Gasteiger partial charge in [-0.25, -0.2) is 4.98 Å². The lowest BCUT2D eigenvalue weighted by Crippen LogP contribution is -2.43. The molecule has 2 aromatic rings. The Hall–Kier alpha value is -2.64. The van der Waals surface area contributed by atoms with E-state index in [-0.39, 0.29) is 23.7 Å². The van der Waals surface area contributed by atoms with Gasteiger partial charge in [-0.2, -0.15) is 4.98 Å². The lowest BCUT2D eigenvalue weighted by molar-refractivity contribution is -0.144. The maximum absolute atomic E-state index is 12.9. The third kappa shape index (κ3) is 2.82. The Labute approximate surface area is 162 Å². The van der Waals surface area contributed by atoms with Gasteiger partial charge in [0.2, 0.25) is 11.6 Å². The van der Waals surface area contributed by atoms with Gasteiger partial charge in [-0.3, -0.25) is 9.59 Å². The fourth-order valence-electron chi connectivity index (χ4n) is 4.80. The molecule has 4 heterocycles. The molecule has 2 aliphatic heterocycles. The van der Waals surface area contributed by atoms with Crippen molar-refractivity contribution in [2.75, 3.05) is 38.2 Å². The van der Waals surface area contributed by atoms with Gasteiger partial charge in [-0.05, 0) is 43.7 Å². The molecule has 3 fully saturated rings. The third-order valence-corrected chi connectivity index (χ3v) is 6.48. The van der Waals surface area contributed by atoms with Crippen LogP contribution in [0.25, 0.3) is 11.2 Å². The van der Waals surface area contributed by atoms with Crippen LogP contribution in [0, 0.1) is 30.6 Å². The van der Waals surface area contributed by atoms with Gasteiger partial charge in [-0.1, -0.05) is 0 Å². The molecule has 3 atom stereocenters. The summed E-state index contributed by atoms with van der Waals surface area (Å²) in [5, 5.41) is 0. The van der Waals surface area contributed by atoms with Gasteiger partial charge in [0.1, 0.15) is 0 Å². The molecule has 148 valence electrons. The van der Waals surface area contributed by atoms with Crippen LogP contribution < -0.4 is 4.90 Å². The first-order valence-corrected chi connectivity index (χ1v) is 9.91. The predicted molar refractivity (Wildman–Crippen MR) is 101 cm³/mol. The number of carbonyl (C=O) groups excluding carboxylic acids is 2. The van der Waals surface area contributed by atoms with Crippen molar-refractivity contribution in [2.45, 2.75) is 19.8 Å².